The standard InChI is InChI=1S/C61H102N12O19S2/c1-5-37(4)52-58(91)71-60(34-76,33-65-38-15-21-72(22-16-38)28-50(84)67-41(56(62)89)12-13-48(82)64-27-44(78)54(87)55(88)46(80)30-75)35-94-32-40-9-6-8-39(66-40)31-93-25-17-49(83)70-61(59(92)68-42(26-36(2)3)57(90)69-52)18-23-73(24-19-61)51(85)11-7-10-47(81)63-20-14-43(77)53(86)45(79)29-74/h6,8-9,34,36-38,41-46,52-55,65,74-75,77-80,86-88H,5,7,10-33,35H2,1-4H3,(H2,62,89)(H,63,81)(H,64,82)(H,67,84)(H,68,92)(H,69,90)(H,70,83)(H,71,91)/t37-,41+,42-,43+,44-,45+,46+,52-,53-,54+,55+,60-/m0/s1. The molecule has 0 aliphatic carbocycles. The third kappa shape index (κ3) is 26.7. The first kappa shape index (κ1) is 80.7. The molecule has 532 valence electrons. The van der Waals surface area contributed by atoms with E-state index in [1.807, 2.05) is 43.9 Å². The molecule has 2 fully saturated rings. The molecule has 3 aliphatic heterocycles. The number of aliphatic hydroxyl groups is 9. The van der Waals surface area contributed by atoms with E-state index in [0.717, 1.165) is 5.69 Å². The molecule has 94 heavy (non-hydrogen) atoms. The lowest BCUT2D eigenvalue weighted by Gasteiger charge is -2.42. The summed E-state index contributed by atoms with van der Waals surface area (Å²) in [6.07, 6.45) is -10.1. The molecule has 0 saturated carbocycles. The molecule has 1 aromatic heterocycles. The highest BCUT2D eigenvalue weighted by Gasteiger charge is 2.46. The Kier molecular flexibility index (Phi) is 35.0. The topological polar surface area (TPSA) is 494 Å². The molecule has 2 bridgehead atoms. The monoisotopic (exact) mass is 1370 g/mol. The van der Waals surface area contributed by atoms with Crippen LogP contribution in [0.5, 0.6) is 0 Å². The van der Waals surface area contributed by atoms with Gasteiger partial charge in [-0.1, -0.05) is 40.2 Å². The minimum absolute atomic E-state index is 0.0186. The predicted molar refractivity (Wildman–Crippen MR) is 346 cm³/mol. The molecule has 3 aliphatic rings. The smallest absolute Gasteiger partial charge is 0.246 e. The molecule has 4 rings (SSSR count). The minimum Gasteiger partial charge on any atom is -0.394 e. The van der Waals surface area contributed by atoms with Crippen molar-refractivity contribution < 1.29 is 93.9 Å². The van der Waals surface area contributed by atoms with Crippen LogP contribution < -0.4 is 48.3 Å². The number of amides is 9. The van der Waals surface area contributed by atoms with Crippen molar-refractivity contribution in [3.63, 3.8) is 0 Å². The summed E-state index contributed by atoms with van der Waals surface area (Å²) in [5.41, 5.74) is 3.88. The lowest BCUT2D eigenvalue weighted by Crippen LogP contribution is -2.67. The summed E-state index contributed by atoms with van der Waals surface area (Å²) in [4.78, 5) is 144. The zero-order valence-corrected chi connectivity index (χ0v) is 55.9. The zero-order chi connectivity index (χ0) is 69.7. The second-order valence-electron chi connectivity index (χ2n) is 25.1. The Morgan fingerprint density at radius 1 is 0.766 bits per heavy atom. The molecule has 33 heteroatoms. The van der Waals surface area contributed by atoms with Gasteiger partial charge >= 0.3 is 0 Å². The van der Waals surface area contributed by atoms with Crippen LogP contribution in [0.3, 0.4) is 0 Å². The van der Waals surface area contributed by atoms with Crippen LogP contribution in [0.2, 0.25) is 0 Å². The number of nitrogens with one attached hydrogen (secondary N) is 8. The lowest BCUT2D eigenvalue weighted by molar-refractivity contribution is -0.141. The van der Waals surface area contributed by atoms with Crippen LogP contribution in [0.15, 0.2) is 18.2 Å². The van der Waals surface area contributed by atoms with Gasteiger partial charge in [0.2, 0.25) is 53.2 Å². The van der Waals surface area contributed by atoms with Crippen molar-refractivity contribution in [2.24, 2.45) is 17.6 Å². The summed E-state index contributed by atoms with van der Waals surface area (Å²) in [7, 11) is 0. The predicted octanol–water partition coefficient (Wildman–Crippen LogP) is -5.35. The van der Waals surface area contributed by atoms with Crippen LogP contribution in [0.25, 0.3) is 0 Å². The Balaban J connectivity index is 1.46. The molecule has 4 heterocycles. The quantitative estimate of drug-likeness (QED) is 0.0309. The Labute approximate surface area is 556 Å². The van der Waals surface area contributed by atoms with Crippen LogP contribution in [0.4, 0.5) is 0 Å². The summed E-state index contributed by atoms with van der Waals surface area (Å²) >= 11 is 2.82. The van der Waals surface area contributed by atoms with Gasteiger partial charge in [0, 0.05) is 101 Å². The third-order valence-corrected chi connectivity index (χ3v) is 19.3. The Bertz CT molecular complexity index is 2620. The van der Waals surface area contributed by atoms with Crippen LogP contribution in [-0.4, -0.2) is 275 Å². The summed E-state index contributed by atoms with van der Waals surface area (Å²) in [6, 6.07) is 1.70. The molecule has 0 aromatic carbocycles. The fraction of sp³-hybridized carbons (Fsp3) is 0.754. The molecular formula is C61H102N12O19S2. The minimum atomic E-state index is -1.90. The van der Waals surface area contributed by atoms with E-state index in [9.17, 15) is 83.7 Å². The number of fused-ring (bicyclic) bond motifs is 2. The van der Waals surface area contributed by atoms with Crippen LogP contribution in [0.1, 0.15) is 123 Å². The van der Waals surface area contributed by atoms with E-state index >= 15 is 0 Å². The van der Waals surface area contributed by atoms with Crippen molar-refractivity contribution in [1.29, 1.82) is 0 Å². The van der Waals surface area contributed by atoms with Gasteiger partial charge in [0.25, 0.3) is 0 Å². The maximum atomic E-state index is 14.8. The van der Waals surface area contributed by atoms with Gasteiger partial charge in [0.15, 0.2) is 0 Å². The van der Waals surface area contributed by atoms with Crippen molar-refractivity contribution in [2.75, 3.05) is 77.1 Å². The van der Waals surface area contributed by atoms with E-state index in [0.29, 0.717) is 61.6 Å². The summed E-state index contributed by atoms with van der Waals surface area (Å²) in [5.74, 6) is -4.67. The molecule has 0 unspecified atom stereocenters. The van der Waals surface area contributed by atoms with Gasteiger partial charge in [-0.25, -0.2) is 0 Å². The number of piperidine rings is 2. The van der Waals surface area contributed by atoms with Crippen LogP contribution >= 0.6 is 23.5 Å². The average molecular weight is 1370 g/mol. The Morgan fingerprint density at radius 3 is 2.01 bits per heavy atom. The van der Waals surface area contributed by atoms with Gasteiger partial charge in [-0.3, -0.25) is 53.0 Å². The maximum Gasteiger partial charge on any atom is 0.246 e. The first-order chi connectivity index (χ1) is 44.6. The van der Waals surface area contributed by atoms with E-state index in [1.165, 1.54) is 23.5 Å². The molecule has 9 amide bonds. The van der Waals surface area contributed by atoms with Crippen LogP contribution in [0, 0.1) is 11.8 Å². The van der Waals surface area contributed by atoms with E-state index in [1.54, 1.807) is 11.8 Å². The van der Waals surface area contributed by atoms with E-state index in [2.05, 4.69) is 42.5 Å². The van der Waals surface area contributed by atoms with Crippen LogP contribution in [-0.2, 0) is 59.5 Å². The van der Waals surface area contributed by atoms with Crippen molar-refractivity contribution in [1.82, 2.24) is 57.3 Å². The first-order valence-corrected chi connectivity index (χ1v) is 34.5. The maximum absolute atomic E-state index is 14.8. The number of hydrogen-bond acceptors (Lipinski definition) is 24. The van der Waals surface area contributed by atoms with Gasteiger partial charge in [0.1, 0.15) is 66.0 Å². The summed E-state index contributed by atoms with van der Waals surface area (Å²) < 4.78 is 0. The summed E-state index contributed by atoms with van der Waals surface area (Å²) in [5, 5.41) is 110. The van der Waals surface area contributed by atoms with Crippen molar-refractivity contribution in [3.05, 3.63) is 29.6 Å². The Hall–Kier alpha value is -5.69. The number of thioether (sulfide) groups is 2. The van der Waals surface area contributed by atoms with Gasteiger partial charge in [-0.2, -0.15) is 23.5 Å². The number of aliphatic hydroxyl groups excluding tert-OH is 9. The van der Waals surface area contributed by atoms with E-state index in [4.69, 9.17) is 20.9 Å². The fourth-order valence-corrected chi connectivity index (χ4v) is 12.8. The third-order valence-electron chi connectivity index (χ3n) is 17.1. The molecule has 19 N–H and O–H groups in total. The normalized spacial score (nSPS) is 23.0. The number of primary amides is 1. The number of carbonyl (C=O) groups is 10. The van der Waals surface area contributed by atoms with Gasteiger partial charge in [-0.15, -0.1) is 0 Å². The molecule has 2 saturated heterocycles. The molecule has 31 nitrogen and oxygen atoms in total. The number of carbonyl (C=O) groups excluding carboxylic acids is 10. The number of aromatic nitrogens is 1. The van der Waals surface area contributed by atoms with Crippen molar-refractivity contribution in [3.8, 4) is 0 Å². The van der Waals surface area contributed by atoms with Crippen molar-refractivity contribution in [2.45, 2.75) is 201 Å². The zero-order valence-electron chi connectivity index (χ0n) is 54.2. The van der Waals surface area contributed by atoms with Gasteiger partial charge in [0.05, 0.1) is 43.4 Å². The second-order valence-corrected chi connectivity index (χ2v) is 27.2. The molecule has 12 atom stereocenters. The number of aldehydes is 1. The molecule has 0 radical (unpaired) electrons. The number of hydrogen-bond donors (Lipinski definition) is 18. The highest BCUT2D eigenvalue weighted by molar-refractivity contribution is 7.98. The second kappa shape index (κ2) is 40.8. The summed E-state index contributed by atoms with van der Waals surface area (Å²) in [6.45, 7) is 5.85. The fourth-order valence-electron chi connectivity index (χ4n) is 10.9. The Morgan fingerprint density at radius 2 is 1.39 bits per heavy atom. The average Bonchev–Trinajstić information content (AvgIpc) is 0.805. The highest BCUT2D eigenvalue weighted by Crippen LogP contribution is 2.27. The lowest BCUT2D eigenvalue weighted by atomic mass is 9.85. The van der Waals surface area contributed by atoms with Gasteiger partial charge < -0.3 is 104 Å². The highest BCUT2D eigenvalue weighted by atomic mass is 32.2. The largest absolute Gasteiger partial charge is 0.394 e. The number of rotatable bonds is 31. The first-order valence-electron chi connectivity index (χ1n) is 32.2. The number of likely N-dealkylation sites (tertiary alicyclic amines) is 2. The SMILES string of the molecule is CC[C@H](C)[C@@H]1NC(=O)[C@H](CC(C)C)NC(=O)C2(CCN(C(=O)CCCC(=O)NCC[C@@H](O)[C@H](O)[C@H](O)CO)CC2)NC(=O)CCSCc2cccc(n2)CSC[C@@](C=O)(CNC2CCN(CC(=O)N[C@H](CCC(=O)NC[C@H](O)[C@@H](O)[C@H](O)[C@H](O)CO)C(N)=O)CC2)NC1=O. The molecule has 1 aromatic rings. The molecular weight excluding hydrogens is 1270 g/mol. The van der Waals surface area contributed by atoms with Gasteiger partial charge in [-0.05, 0) is 75.3 Å². The molecule has 1 spiro atoms. The number of nitrogens with zero attached hydrogens (tertiary/aromatic N) is 3. The van der Waals surface area contributed by atoms with E-state index in [-0.39, 0.29) is 121 Å². The van der Waals surface area contributed by atoms with E-state index < -0.39 is 145 Å². The van der Waals surface area contributed by atoms with Crippen molar-refractivity contribution >= 4 is 83.0 Å². The number of pyridine rings is 1. The number of nitrogens with two attached hydrogens (primary N) is 1.